The number of nitrogens with two attached hydrogens (primary N) is 1. The molecule has 0 aromatic heterocycles. The van der Waals surface area contributed by atoms with Gasteiger partial charge in [-0.3, -0.25) is 24.1 Å². The van der Waals surface area contributed by atoms with Crippen LogP contribution in [0.25, 0.3) is 0 Å². The van der Waals surface area contributed by atoms with Crippen LogP contribution >= 0.6 is 0 Å². The van der Waals surface area contributed by atoms with Crippen LogP contribution in [0.15, 0.2) is 109 Å². The fourth-order valence-corrected chi connectivity index (χ4v) is 11.6. The molecule has 4 heterocycles. The number of carbonyl (C=O) groups excluding carboxylic acids is 4. The van der Waals surface area contributed by atoms with Crippen molar-refractivity contribution < 1.29 is 94.3 Å². The van der Waals surface area contributed by atoms with Crippen LogP contribution in [0.2, 0.25) is 0 Å². The van der Waals surface area contributed by atoms with Gasteiger partial charge in [-0.25, -0.2) is 0 Å². The smallest absolute Gasteiger partial charge is 0.308 e. The Morgan fingerprint density at radius 3 is 1.90 bits per heavy atom. The molecule has 2 bridgehead atoms. The molecule has 1 amide bonds. The molecule has 492 valence electrons. The summed E-state index contributed by atoms with van der Waals surface area (Å²) in [7, 11) is 1.77. The summed E-state index contributed by atoms with van der Waals surface area (Å²) in [5, 5.41) is 124. The Bertz CT molecular complexity index is 2520. The molecule has 0 aliphatic carbocycles. The fourth-order valence-electron chi connectivity index (χ4n) is 11.6. The van der Waals surface area contributed by atoms with Crippen molar-refractivity contribution in [1.82, 2.24) is 9.80 Å². The Labute approximate surface area is 516 Å². The van der Waals surface area contributed by atoms with Gasteiger partial charge >= 0.3 is 5.97 Å². The molecular weight excluding hydrogens is 1140 g/mol. The van der Waals surface area contributed by atoms with Crippen molar-refractivity contribution >= 4 is 29.1 Å². The molecule has 3 fully saturated rings. The van der Waals surface area contributed by atoms with Crippen molar-refractivity contribution in [2.75, 3.05) is 51.7 Å². The van der Waals surface area contributed by atoms with E-state index in [1.165, 1.54) is 0 Å². The van der Waals surface area contributed by atoms with Crippen molar-refractivity contribution in [2.45, 2.75) is 195 Å². The Morgan fingerprint density at radius 1 is 0.727 bits per heavy atom. The predicted octanol–water partition coefficient (Wildman–Crippen LogP) is 1.80. The van der Waals surface area contributed by atoms with Gasteiger partial charge in [0, 0.05) is 95.5 Å². The van der Waals surface area contributed by atoms with E-state index < -0.39 is 160 Å². The van der Waals surface area contributed by atoms with Gasteiger partial charge in [0.05, 0.1) is 92.1 Å². The number of anilines is 1. The second kappa shape index (κ2) is 37.2. The highest BCUT2D eigenvalue weighted by Gasteiger charge is 2.52. The number of hydrogen-bond acceptors (Lipinski definition) is 22. The van der Waals surface area contributed by atoms with E-state index in [1.807, 2.05) is 24.8 Å². The van der Waals surface area contributed by atoms with Gasteiger partial charge in [0.2, 0.25) is 5.91 Å². The summed E-state index contributed by atoms with van der Waals surface area (Å²) in [5.41, 5.74) is 7.47. The van der Waals surface area contributed by atoms with Crippen molar-refractivity contribution in [1.29, 1.82) is 0 Å². The number of Topliss-reactive ketones (excluding diaryl/α,β-unsaturated/α-hetero) is 2. The maximum Gasteiger partial charge on any atom is 0.308 e. The van der Waals surface area contributed by atoms with E-state index in [2.05, 4.69) is 5.32 Å². The molecule has 0 saturated carbocycles. The summed E-state index contributed by atoms with van der Waals surface area (Å²) in [5.74, 6) is -6.38. The Balaban J connectivity index is 1.36. The standard InChI is InChI=1S/C65H98N4O19/c1-41-17-15-13-11-9-7-5-6-8-10-12-14-16-18-53(86-64-61(82)59(66)60(81)43(3)85-64)38-56-58(63(83)69-27-25-68(26-28-69)29-30-70)55(79)40-65(84,88-56)39-52(77)35-50(75)33-48(73)31-47(72)32-49(74)34-51(76)37-57(80)87-62(41)42(2)19-24-46(71)36-54(78)44-20-22-45(67-4)23-21-44/h5-18,20-23,41-43,46-48,50-53,55-56,58-62,64,67,70-73,75-77,79,81-82,84H,19,24-40,66H2,1-4H3. The van der Waals surface area contributed by atoms with Gasteiger partial charge in [0.15, 0.2) is 17.9 Å². The van der Waals surface area contributed by atoms with E-state index in [-0.39, 0.29) is 69.4 Å². The third kappa shape index (κ3) is 24.6. The fraction of sp³-hybridized carbons (Fsp3) is 0.631. The topological polar surface area (TPSA) is 372 Å². The van der Waals surface area contributed by atoms with Crippen LogP contribution in [-0.2, 0) is 33.3 Å². The number of cyclic esters (lactones) is 1. The Morgan fingerprint density at radius 2 is 1.30 bits per heavy atom. The molecule has 4 aliphatic heterocycles. The van der Waals surface area contributed by atoms with E-state index in [9.17, 15) is 75.3 Å². The maximum atomic E-state index is 14.5. The summed E-state index contributed by atoms with van der Waals surface area (Å²) in [4.78, 5) is 57.4. The van der Waals surface area contributed by atoms with E-state index in [0.717, 1.165) is 5.69 Å². The number of fused-ring (bicyclic) bond motifs is 2. The van der Waals surface area contributed by atoms with Gasteiger partial charge in [0.25, 0.3) is 0 Å². The van der Waals surface area contributed by atoms with E-state index >= 15 is 0 Å². The summed E-state index contributed by atoms with van der Waals surface area (Å²) < 4.78 is 24.5. The molecule has 0 radical (unpaired) electrons. The van der Waals surface area contributed by atoms with Crippen molar-refractivity contribution in [3.8, 4) is 0 Å². The largest absolute Gasteiger partial charge is 0.461 e. The molecule has 23 heteroatoms. The first kappa shape index (κ1) is 73.6. The van der Waals surface area contributed by atoms with Gasteiger partial charge in [-0.05, 0) is 69.2 Å². The molecule has 19 atom stereocenters. The molecule has 23 nitrogen and oxygen atoms in total. The number of ether oxygens (including phenoxy) is 4. The minimum absolute atomic E-state index is 0.0672. The van der Waals surface area contributed by atoms with Crippen LogP contribution in [0.4, 0.5) is 5.69 Å². The number of rotatable bonds is 13. The molecule has 4 aliphatic rings. The van der Waals surface area contributed by atoms with Crippen LogP contribution in [0.1, 0.15) is 108 Å². The summed E-state index contributed by atoms with van der Waals surface area (Å²) in [6.45, 7) is 7.05. The average molecular weight is 1240 g/mol. The van der Waals surface area contributed by atoms with Crippen LogP contribution in [0.3, 0.4) is 0 Å². The SMILES string of the molecule is CNc1ccc(C(=O)CC(O)CCC(C)C2OC(=O)CC(O)CC(=O)CC(O)CC(O)CC(O)CC(O)CC3(O)CC(O)C(C(=O)N4CCN(CCO)CC4)C(CC(OC4OC(C)C(O)C(N)C4O)C=CC=CC=CC=CC=CC=CC=CC2C)O3)cc1. The number of aliphatic hydroxyl groups is 11. The van der Waals surface area contributed by atoms with E-state index in [4.69, 9.17) is 24.7 Å². The normalized spacial score (nSPS) is 34.4. The number of esters is 1. The van der Waals surface area contributed by atoms with Gasteiger partial charge in [-0.15, -0.1) is 0 Å². The predicted molar refractivity (Wildman–Crippen MR) is 328 cm³/mol. The van der Waals surface area contributed by atoms with Crippen LogP contribution in [-0.4, -0.2) is 233 Å². The molecular formula is C65H98N4O19. The molecule has 14 N–H and O–H groups in total. The first-order valence-electron chi connectivity index (χ1n) is 30.8. The molecule has 88 heavy (non-hydrogen) atoms. The Kier molecular flexibility index (Phi) is 31.1. The van der Waals surface area contributed by atoms with Crippen LogP contribution in [0.5, 0.6) is 0 Å². The van der Waals surface area contributed by atoms with Gasteiger partial charge < -0.3 is 91.1 Å². The second-order valence-electron chi connectivity index (χ2n) is 24.0. The minimum atomic E-state index is -2.30. The number of β-amino-alcohol motifs (C(OH)–C–C–N with tert-alkyl or cyclic N) is 1. The van der Waals surface area contributed by atoms with Gasteiger partial charge in [0.1, 0.15) is 18.0 Å². The molecule has 19 unspecified atom stereocenters. The summed E-state index contributed by atoms with van der Waals surface area (Å²) in [6.07, 6.45) is 3.15. The highest BCUT2D eigenvalue weighted by Crippen LogP contribution is 2.39. The lowest BCUT2D eigenvalue weighted by atomic mass is 9.81. The third-order valence-electron chi connectivity index (χ3n) is 16.5. The number of aliphatic hydroxyl groups excluding tert-OH is 10. The minimum Gasteiger partial charge on any atom is -0.461 e. The zero-order valence-electron chi connectivity index (χ0n) is 51.2. The van der Waals surface area contributed by atoms with Gasteiger partial charge in [-0.1, -0.05) is 98.9 Å². The lowest BCUT2D eigenvalue weighted by molar-refractivity contribution is -0.308. The van der Waals surface area contributed by atoms with Crippen molar-refractivity contribution in [3.63, 3.8) is 0 Å². The summed E-state index contributed by atoms with van der Waals surface area (Å²) >= 11 is 0. The number of ketones is 2. The highest BCUT2D eigenvalue weighted by molar-refractivity contribution is 5.96. The number of nitrogens with one attached hydrogen (secondary N) is 1. The average Bonchev–Trinajstić information content (AvgIpc) is 2.33. The molecule has 5 rings (SSSR count). The molecule has 0 spiro atoms. The second-order valence-corrected chi connectivity index (χ2v) is 24.0. The van der Waals surface area contributed by atoms with Crippen LogP contribution in [0, 0.1) is 17.8 Å². The zero-order valence-corrected chi connectivity index (χ0v) is 51.2. The van der Waals surface area contributed by atoms with Gasteiger partial charge in [-0.2, -0.15) is 0 Å². The number of hydrogen-bond donors (Lipinski definition) is 13. The first-order valence-corrected chi connectivity index (χ1v) is 30.8. The number of carbonyl (C=O) groups is 4. The number of benzene rings is 1. The van der Waals surface area contributed by atoms with E-state index in [0.29, 0.717) is 31.6 Å². The first-order chi connectivity index (χ1) is 41.9. The van der Waals surface area contributed by atoms with Crippen LogP contribution < -0.4 is 11.1 Å². The van der Waals surface area contributed by atoms with Crippen molar-refractivity contribution in [2.24, 2.45) is 23.5 Å². The number of piperazine rings is 1. The quantitative estimate of drug-likeness (QED) is 0.0989. The van der Waals surface area contributed by atoms with Crippen molar-refractivity contribution in [3.05, 3.63) is 115 Å². The highest BCUT2D eigenvalue weighted by atomic mass is 16.7. The molecule has 1 aromatic rings. The maximum absolute atomic E-state index is 14.5. The Hall–Kier alpha value is -5.16. The number of allylic oxidation sites excluding steroid dienone is 12. The number of nitrogens with zero attached hydrogens (tertiary/aromatic N) is 2. The third-order valence-corrected chi connectivity index (χ3v) is 16.5. The zero-order chi connectivity index (χ0) is 64.5. The lowest BCUT2D eigenvalue weighted by Crippen LogP contribution is -2.62. The number of amides is 1. The van der Waals surface area contributed by atoms with E-state index in [1.54, 1.807) is 122 Å². The monoisotopic (exact) mass is 1240 g/mol. The molecule has 1 aromatic carbocycles. The molecule has 3 saturated heterocycles. The lowest BCUT2D eigenvalue weighted by Gasteiger charge is -2.47. The summed E-state index contributed by atoms with van der Waals surface area (Å²) in [6, 6.07) is 5.76.